The minimum absolute atomic E-state index is 0.0965. The molecule has 6 heteroatoms. The van der Waals surface area contributed by atoms with Crippen LogP contribution in [-0.2, 0) is 17.9 Å². The quantitative estimate of drug-likeness (QED) is 0.676. The number of carboxylic acid groups (broad SMARTS) is 1. The summed E-state index contributed by atoms with van der Waals surface area (Å²) in [7, 11) is 0. The third kappa shape index (κ3) is 3.37. The second-order valence-electron chi connectivity index (χ2n) is 3.24. The minimum Gasteiger partial charge on any atom is -0.480 e. The summed E-state index contributed by atoms with van der Waals surface area (Å²) in [5.41, 5.74) is 0. The number of aryl methyl sites for hydroxylation is 1. The lowest BCUT2D eigenvalue weighted by atomic mass is 10.4. The summed E-state index contributed by atoms with van der Waals surface area (Å²) >= 11 is 0. The van der Waals surface area contributed by atoms with Gasteiger partial charge in [0.1, 0.15) is 12.2 Å². The van der Waals surface area contributed by atoms with Crippen molar-refractivity contribution in [3.8, 4) is 12.3 Å². The second kappa shape index (κ2) is 5.88. The molecular formula is C10H14N4O2. The molecule has 86 valence electrons. The minimum atomic E-state index is -0.905. The molecule has 0 fully saturated rings. The predicted octanol–water partition coefficient (Wildman–Crippen LogP) is -0.182. The molecule has 1 aromatic rings. The first-order valence-electron chi connectivity index (χ1n) is 4.91. The molecule has 0 unspecified atom stereocenters. The van der Waals surface area contributed by atoms with E-state index in [9.17, 15) is 4.79 Å². The van der Waals surface area contributed by atoms with E-state index in [0.717, 1.165) is 5.82 Å². The van der Waals surface area contributed by atoms with Gasteiger partial charge in [-0.25, -0.2) is 9.67 Å². The van der Waals surface area contributed by atoms with Gasteiger partial charge >= 0.3 is 5.97 Å². The smallest absolute Gasteiger partial charge is 0.317 e. The van der Waals surface area contributed by atoms with E-state index in [1.165, 1.54) is 6.33 Å². The molecule has 0 aliphatic rings. The van der Waals surface area contributed by atoms with Gasteiger partial charge in [-0.2, -0.15) is 5.10 Å². The molecule has 0 atom stereocenters. The average Bonchev–Trinajstić information content (AvgIpc) is 2.64. The fraction of sp³-hybridized carbons (Fsp3) is 0.500. The van der Waals surface area contributed by atoms with Gasteiger partial charge in [-0.05, 0) is 6.92 Å². The van der Waals surface area contributed by atoms with Gasteiger partial charge in [0.2, 0.25) is 0 Å². The van der Waals surface area contributed by atoms with E-state index in [4.69, 9.17) is 11.5 Å². The number of hydrogen-bond acceptors (Lipinski definition) is 4. The molecule has 0 aromatic carbocycles. The van der Waals surface area contributed by atoms with Gasteiger partial charge in [-0.3, -0.25) is 9.69 Å². The number of aromatic nitrogens is 3. The van der Waals surface area contributed by atoms with Crippen molar-refractivity contribution < 1.29 is 9.90 Å². The van der Waals surface area contributed by atoms with E-state index < -0.39 is 5.97 Å². The van der Waals surface area contributed by atoms with Crippen LogP contribution in [0.3, 0.4) is 0 Å². The fourth-order valence-corrected chi connectivity index (χ4v) is 1.36. The Morgan fingerprint density at radius 1 is 1.75 bits per heavy atom. The van der Waals surface area contributed by atoms with E-state index in [2.05, 4.69) is 16.0 Å². The van der Waals surface area contributed by atoms with Crippen LogP contribution in [0, 0.1) is 12.3 Å². The van der Waals surface area contributed by atoms with Crippen LogP contribution >= 0.6 is 0 Å². The molecule has 0 saturated carbocycles. The number of terminal acetylenes is 1. The normalized spacial score (nSPS) is 10.3. The molecule has 1 aromatic heterocycles. The predicted molar refractivity (Wildman–Crippen MR) is 57.4 cm³/mol. The third-order valence-corrected chi connectivity index (χ3v) is 2.03. The van der Waals surface area contributed by atoms with Gasteiger partial charge in [-0.15, -0.1) is 6.42 Å². The van der Waals surface area contributed by atoms with Crippen LogP contribution in [0.25, 0.3) is 0 Å². The molecule has 6 nitrogen and oxygen atoms in total. The highest BCUT2D eigenvalue weighted by atomic mass is 16.4. The van der Waals surface area contributed by atoms with E-state index in [0.29, 0.717) is 13.1 Å². The lowest BCUT2D eigenvalue weighted by molar-refractivity contribution is -0.138. The van der Waals surface area contributed by atoms with Crippen LogP contribution in [0.4, 0.5) is 0 Å². The SMILES string of the molecule is C#CCN(CC(=O)O)Cc1ncnn1CC. The largest absolute Gasteiger partial charge is 0.480 e. The Kier molecular flexibility index (Phi) is 4.48. The molecule has 16 heavy (non-hydrogen) atoms. The van der Waals surface area contributed by atoms with Crippen LogP contribution in [0.15, 0.2) is 6.33 Å². The summed E-state index contributed by atoms with van der Waals surface area (Å²) in [6.07, 6.45) is 6.63. The molecule has 1 rings (SSSR count). The zero-order chi connectivity index (χ0) is 12.0. The summed E-state index contributed by atoms with van der Waals surface area (Å²) in [5, 5.41) is 12.7. The summed E-state index contributed by atoms with van der Waals surface area (Å²) in [4.78, 5) is 16.3. The molecule has 0 saturated heterocycles. The van der Waals surface area contributed by atoms with Gasteiger partial charge in [0.05, 0.1) is 19.6 Å². The van der Waals surface area contributed by atoms with Gasteiger partial charge in [-0.1, -0.05) is 5.92 Å². The zero-order valence-corrected chi connectivity index (χ0v) is 9.13. The number of nitrogens with zero attached hydrogens (tertiary/aromatic N) is 4. The second-order valence-corrected chi connectivity index (χ2v) is 3.24. The van der Waals surface area contributed by atoms with Crippen molar-refractivity contribution in [3.63, 3.8) is 0 Å². The molecule has 0 aliphatic carbocycles. The van der Waals surface area contributed by atoms with Crippen LogP contribution < -0.4 is 0 Å². The molecule has 0 aliphatic heterocycles. The van der Waals surface area contributed by atoms with Gasteiger partial charge in [0, 0.05) is 6.54 Å². The van der Waals surface area contributed by atoms with Gasteiger partial charge < -0.3 is 5.11 Å². The Labute approximate surface area is 93.9 Å². The average molecular weight is 222 g/mol. The van der Waals surface area contributed by atoms with Crippen molar-refractivity contribution in [1.82, 2.24) is 19.7 Å². The van der Waals surface area contributed by atoms with Crippen molar-refractivity contribution in [2.75, 3.05) is 13.1 Å². The first-order valence-corrected chi connectivity index (χ1v) is 4.91. The third-order valence-electron chi connectivity index (χ3n) is 2.03. The molecule has 0 radical (unpaired) electrons. The number of hydrogen-bond donors (Lipinski definition) is 1. The Morgan fingerprint density at radius 2 is 2.50 bits per heavy atom. The van der Waals surface area contributed by atoms with Crippen molar-refractivity contribution in [1.29, 1.82) is 0 Å². The van der Waals surface area contributed by atoms with Gasteiger partial charge in [0.25, 0.3) is 0 Å². The number of rotatable bonds is 6. The number of aliphatic carboxylic acids is 1. The number of carbonyl (C=O) groups is 1. The highest BCUT2D eigenvalue weighted by Gasteiger charge is 2.12. The van der Waals surface area contributed by atoms with Crippen LogP contribution in [0.5, 0.6) is 0 Å². The molecule has 0 bridgehead atoms. The maximum atomic E-state index is 10.6. The standard InChI is InChI=1S/C10H14N4O2/c1-3-5-13(7-10(15)16)6-9-11-8-12-14(9)4-2/h1,8H,4-7H2,2H3,(H,15,16). The lowest BCUT2D eigenvalue weighted by Gasteiger charge is -2.16. The Balaban J connectivity index is 2.67. The van der Waals surface area contributed by atoms with E-state index in [-0.39, 0.29) is 13.1 Å². The fourth-order valence-electron chi connectivity index (χ4n) is 1.36. The Bertz CT molecular complexity index is 394. The van der Waals surface area contributed by atoms with Crippen molar-refractivity contribution in [2.45, 2.75) is 20.0 Å². The molecule has 1 N–H and O–H groups in total. The zero-order valence-electron chi connectivity index (χ0n) is 9.13. The van der Waals surface area contributed by atoms with E-state index >= 15 is 0 Å². The highest BCUT2D eigenvalue weighted by molar-refractivity contribution is 5.69. The lowest BCUT2D eigenvalue weighted by Crippen LogP contribution is -2.31. The van der Waals surface area contributed by atoms with Crippen molar-refractivity contribution in [2.24, 2.45) is 0 Å². The summed E-state index contributed by atoms with van der Waals surface area (Å²) < 4.78 is 1.71. The monoisotopic (exact) mass is 222 g/mol. The van der Waals surface area contributed by atoms with Crippen LogP contribution in [0.1, 0.15) is 12.7 Å². The highest BCUT2D eigenvalue weighted by Crippen LogP contribution is 2.00. The molecule has 1 heterocycles. The van der Waals surface area contributed by atoms with Crippen molar-refractivity contribution >= 4 is 5.97 Å². The Morgan fingerprint density at radius 3 is 3.06 bits per heavy atom. The molecular weight excluding hydrogens is 208 g/mol. The van der Waals surface area contributed by atoms with E-state index in [1.807, 2.05) is 6.92 Å². The maximum absolute atomic E-state index is 10.6. The molecule has 0 amide bonds. The summed E-state index contributed by atoms with van der Waals surface area (Å²) in [6, 6.07) is 0. The maximum Gasteiger partial charge on any atom is 0.317 e. The summed E-state index contributed by atoms with van der Waals surface area (Å²) in [5.74, 6) is 2.24. The van der Waals surface area contributed by atoms with Crippen LogP contribution in [0.2, 0.25) is 0 Å². The van der Waals surface area contributed by atoms with Crippen LogP contribution in [-0.4, -0.2) is 43.8 Å². The number of carboxylic acids is 1. The topological polar surface area (TPSA) is 71.2 Å². The van der Waals surface area contributed by atoms with Gasteiger partial charge in [0.15, 0.2) is 0 Å². The molecule has 0 spiro atoms. The van der Waals surface area contributed by atoms with E-state index in [1.54, 1.807) is 9.58 Å². The Hall–Kier alpha value is -1.87. The van der Waals surface area contributed by atoms with Crippen molar-refractivity contribution in [3.05, 3.63) is 12.2 Å². The summed E-state index contributed by atoms with van der Waals surface area (Å²) in [6.45, 7) is 3.22. The first kappa shape index (κ1) is 12.2. The first-order chi connectivity index (χ1) is 7.67.